The van der Waals surface area contributed by atoms with Gasteiger partial charge in [0.2, 0.25) is 5.91 Å². The van der Waals surface area contributed by atoms with Crippen molar-refractivity contribution in [2.24, 2.45) is 5.41 Å². The van der Waals surface area contributed by atoms with Crippen molar-refractivity contribution in [1.29, 1.82) is 0 Å². The molecule has 0 saturated carbocycles. The van der Waals surface area contributed by atoms with Crippen LogP contribution in [0.5, 0.6) is 5.75 Å². The Hall–Kier alpha value is -1.81. The van der Waals surface area contributed by atoms with Crippen molar-refractivity contribution in [1.82, 2.24) is 4.90 Å². The van der Waals surface area contributed by atoms with Crippen LogP contribution in [0.1, 0.15) is 37.6 Å². The topological polar surface area (TPSA) is 29.5 Å². The monoisotopic (exact) mass is 331 g/mol. The number of carbonyl (C=O) groups excluding carboxylic acids is 1. The molecule has 1 amide bonds. The average molecular weight is 331 g/mol. The zero-order chi connectivity index (χ0) is 16.9. The number of hydrogen-bond acceptors (Lipinski definition) is 3. The molecule has 3 nitrogen and oxygen atoms in total. The molecule has 1 aromatic carbocycles. The van der Waals surface area contributed by atoms with E-state index in [0.29, 0.717) is 19.5 Å². The van der Waals surface area contributed by atoms with Gasteiger partial charge in [0.25, 0.3) is 0 Å². The van der Waals surface area contributed by atoms with Crippen LogP contribution in [0.15, 0.2) is 41.8 Å². The molecule has 0 radical (unpaired) electrons. The molecule has 0 atom stereocenters. The second-order valence-electron chi connectivity index (χ2n) is 6.88. The molecule has 0 unspecified atom stereocenters. The molecular formula is C19H25NO2S. The summed E-state index contributed by atoms with van der Waals surface area (Å²) in [6.07, 6.45) is 0.535. The molecule has 0 bridgehead atoms. The zero-order valence-electron chi connectivity index (χ0n) is 14.3. The Morgan fingerprint density at radius 1 is 1.13 bits per heavy atom. The van der Waals surface area contributed by atoms with Crippen LogP contribution in [0.2, 0.25) is 0 Å². The highest BCUT2D eigenvalue weighted by molar-refractivity contribution is 7.09. The fourth-order valence-corrected chi connectivity index (χ4v) is 3.15. The van der Waals surface area contributed by atoms with Crippen LogP contribution < -0.4 is 4.74 Å². The molecule has 0 fully saturated rings. The van der Waals surface area contributed by atoms with Crippen LogP contribution in [0.25, 0.3) is 0 Å². The first-order valence-corrected chi connectivity index (χ1v) is 8.69. The van der Waals surface area contributed by atoms with E-state index in [0.717, 1.165) is 11.3 Å². The third kappa shape index (κ3) is 5.39. The van der Waals surface area contributed by atoms with E-state index in [9.17, 15) is 4.79 Å². The van der Waals surface area contributed by atoms with E-state index in [1.54, 1.807) is 18.4 Å². The van der Waals surface area contributed by atoms with Crippen LogP contribution in [0.4, 0.5) is 0 Å². The third-order valence-electron chi connectivity index (χ3n) is 3.51. The molecule has 23 heavy (non-hydrogen) atoms. The van der Waals surface area contributed by atoms with Gasteiger partial charge in [0, 0.05) is 23.4 Å². The Kier molecular flexibility index (Phi) is 5.83. The molecule has 124 valence electrons. The molecule has 0 N–H and O–H groups in total. The number of nitrogens with zero attached hydrogens (tertiary/aromatic N) is 1. The number of benzene rings is 1. The number of methoxy groups -OCH3 is 1. The molecule has 0 aliphatic rings. The fourth-order valence-electron chi connectivity index (χ4n) is 2.43. The lowest BCUT2D eigenvalue weighted by Gasteiger charge is -2.27. The minimum Gasteiger partial charge on any atom is -0.496 e. The van der Waals surface area contributed by atoms with Crippen LogP contribution in [-0.4, -0.2) is 17.9 Å². The van der Waals surface area contributed by atoms with Gasteiger partial charge < -0.3 is 9.64 Å². The lowest BCUT2D eigenvalue weighted by molar-refractivity contribution is -0.134. The van der Waals surface area contributed by atoms with Gasteiger partial charge in [-0.25, -0.2) is 0 Å². The highest BCUT2D eigenvalue weighted by Crippen LogP contribution is 2.25. The summed E-state index contributed by atoms with van der Waals surface area (Å²) < 4.78 is 5.43. The van der Waals surface area contributed by atoms with Gasteiger partial charge in [-0.15, -0.1) is 11.3 Å². The van der Waals surface area contributed by atoms with E-state index in [-0.39, 0.29) is 11.3 Å². The molecule has 1 heterocycles. The molecule has 2 aromatic rings. The second kappa shape index (κ2) is 7.64. The third-order valence-corrected chi connectivity index (χ3v) is 4.38. The summed E-state index contributed by atoms with van der Waals surface area (Å²) in [5.74, 6) is 1.00. The van der Waals surface area contributed by atoms with Crippen LogP contribution in [0.3, 0.4) is 0 Å². The molecule has 0 saturated heterocycles. The Labute approximate surface area is 142 Å². The minimum absolute atomic E-state index is 0.0223. The van der Waals surface area contributed by atoms with Gasteiger partial charge in [0.1, 0.15) is 5.75 Å². The van der Waals surface area contributed by atoms with E-state index in [4.69, 9.17) is 4.74 Å². The van der Waals surface area contributed by atoms with Crippen LogP contribution in [-0.2, 0) is 17.9 Å². The van der Waals surface area contributed by atoms with E-state index < -0.39 is 0 Å². The quantitative estimate of drug-likeness (QED) is 0.766. The molecule has 1 aromatic heterocycles. The number of carbonyl (C=O) groups is 1. The van der Waals surface area contributed by atoms with Crippen LogP contribution in [0, 0.1) is 5.41 Å². The number of ether oxygens (including phenoxy) is 1. The van der Waals surface area contributed by atoms with Gasteiger partial charge in [-0.3, -0.25) is 4.79 Å². The molecule has 2 rings (SSSR count). The molecule has 4 heteroatoms. The van der Waals surface area contributed by atoms with E-state index in [1.165, 1.54) is 4.88 Å². The van der Waals surface area contributed by atoms with Gasteiger partial charge in [-0.2, -0.15) is 0 Å². The molecule has 0 aliphatic carbocycles. The Balaban J connectivity index is 2.20. The lowest BCUT2D eigenvalue weighted by Crippen LogP contribution is -2.32. The van der Waals surface area contributed by atoms with Gasteiger partial charge in [0.15, 0.2) is 0 Å². The van der Waals surface area contributed by atoms with Crippen molar-refractivity contribution in [3.63, 3.8) is 0 Å². The van der Waals surface area contributed by atoms with E-state index in [2.05, 4.69) is 26.8 Å². The smallest absolute Gasteiger partial charge is 0.223 e. The maximum atomic E-state index is 12.8. The van der Waals surface area contributed by atoms with Crippen molar-refractivity contribution in [2.45, 2.75) is 40.3 Å². The summed E-state index contributed by atoms with van der Waals surface area (Å²) in [6.45, 7) is 7.49. The summed E-state index contributed by atoms with van der Waals surface area (Å²) in [7, 11) is 1.67. The summed E-state index contributed by atoms with van der Waals surface area (Å²) in [6, 6.07) is 12.0. The predicted octanol–water partition coefficient (Wildman–Crippen LogP) is 4.72. The Morgan fingerprint density at radius 3 is 2.48 bits per heavy atom. The van der Waals surface area contributed by atoms with Crippen molar-refractivity contribution in [2.75, 3.05) is 7.11 Å². The zero-order valence-corrected chi connectivity index (χ0v) is 15.2. The molecule has 0 spiro atoms. The van der Waals surface area contributed by atoms with Gasteiger partial charge in [0.05, 0.1) is 13.7 Å². The van der Waals surface area contributed by atoms with Crippen LogP contribution >= 0.6 is 11.3 Å². The maximum absolute atomic E-state index is 12.8. The lowest BCUT2D eigenvalue weighted by atomic mass is 9.91. The average Bonchev–Trinajstić information content (AvgIpc) is 2.98. The first kappa shape index (κ1) is 17.5. The van der Waals surface area contributed by atoms with E-state index in [1.807, 2.05) is 40.6 Å². The summed E-state index contributed by atoms with van der Waals surface area (Å²) in [4.78, 5) is 15.9. The standard InChI is InChI=1S/C19H25NO2S/c1-19(2,3)12-18(21)20(14-16-9-7-11-23-16)13-15-8-5-6-10-17(15)22-4/h5-11H,12-14H2,1-4H3. The van der Waals surface area contributed by atoms with Gasteiger partial charge in [-0.05, 0) is 22.9 Å². The Bertz CT molecular complexity index is 629. The first-order chi connectivity index (χ1) is 10.9. The molecular weight excluding hydrogens is 306 g/mol. The van der Waals surface area contributed by atoms with Crippen molar-refractivity contribution in [3.05, 3.63) is 52.2 Å². The second-order valence-corrected chi connectivity index (χ2v) is 7.91. The molecule has 0 aliphatic heterocycles. The number of thiophene rings is 1. The summed E-state index contributed by atoms with van der Waals surface area (Å²) >= 11 is 1.68. The maximum Gasteiger partial charge on any atom is 0.223 e. The first-order valence-electron chi connectivity index (χ1n) is 7.81. The minimum atomic E-state index is -0.0223. The summed E-state index contributed by atoms with van der Waals surface area (Å²) in [5.41, 5.74) is 1.01. The largest absolute Gasteiger partial charge is 0.496 e. The number of amides is 1. The summed E-state index contributed by atoms with van der Waals surface area (Å²) in [5, 5.41) is 2.05. The highest BCUT2D eigenvalue weighted by atomic mass is 32.1. The normalized spacial score (nSPS) is 11.3. The van der Waals surface area contributed by atoms with Gasteiger partial charge in [-0.1, -0.05) is 45.0 Å². The predicted molar refractivity (Wildman–Crippen MR) is 95.6 cm³/mol. The Morgan fingerprint density at radius 2 is 1.87 bits per heavy atom. The fraction of sp³-hybridized carbons (Fsp3) is 0.421. The van der Waals surface area contributed by atoms with Crippen molar-refractivity contribution >= 4 is 17.2 Å². The van der Waals surface area contributed by atoms with Crippen molar-refractivity contribution < 1.29 is 9.53 Å². The van der Waals surface area contributed by atoms with E-state index >= 15 is 0 Å². The highest BCUT2D eigenvalue weighted by Gasteiger charge is 2.22. The number of rotatable bonds is 6. The number of para-hydroxylation sites is 1. The van der Waals surface area contributed by atoms with Crippen molar-refractivity contribution in [3.8, 4) is 5.75 Å². The SMILES string of the molecule is COc1ccccc1CN(Cc1cccs1)C(=O)CC(C)(C)C. The van der Waals surface area contributed by atoms with Gasteiger partial charge >= 0.3 is 0 Å². The number of hydrogen-bond donors (Lipinski definition) is 0.